The van der Waals surface area contributed by atoms with Gasteiger partial charge in [-0.1, -0.05) is 17.9 Å². The summed E-state index contributed by atoms with van der Waals surface area (Å²) in [5.41, 5.74) is 0.626. The van der Waals surface area contributed by atoms with Crippen LogP contribution in [0.2, 0.25) is 0 Å². The topological polar surface area (TPSA) is 66.8 Å². The minimum Gasteiger partial charge on any atom is -0.395 e. The van der Waals surface area contributed by atoms with Crippen molar-refractivity contribution in [3.8, 4) is 11.8 Å². The van der Waals surface area contributed by atoms with Crippen LogP contribution in [-0.4, -0.2) is 50.7 Å². The molecule has 1 aromatic rings. The monoisotopic (exact) mass is 309 g/mol. The van der Waals surface area contributed by atoms with Gasteiger partial charge < -0.3 is 9.84 Å². The van der Waals surface area contributed by atoms with Crippen LogP contribution in [0.5, 0.6) is 0 Å². The average molecular weight is 309 g/mol. The number of nitrogens with zero attached hydrogens (tertiary/aromatic N) is 1. The van der Waals surface area contributed by atoms with Crippen molar-refractivity contribution in [1.82, 2.24) is 4.31 Å². The summed E-state index contributed by atoms with van der Waals surface area (Å²) in [6.45, 7) is 1.03. The zero-order chi connectivity index (χ0) is 15.3. The van der Waals surface area contributed by atoms with Crippen LogP contribution in [0.1, 0.15) is 18.4 Å². The number of rotatable bonds is 4. The van der Waals surface area contributed by atoms with Gasteiger partial charge >= 0.3 is 0 Å². The molecule has 1 unspecified atom stereocenters. The van der Waals surface area contributed by atoms with Gasteiger partial charge in [0, 0.05) is 25.6 Å². The summed E-state index contributed by atoms with van der Waals surface area (Å²) in [5, 5.41) is 8.71. The molecular formula is C15H19NO4S. The predicted octanol–water partition coefficient (Wildman–Crippen LogP) is 0.830. The predicted molar refractivity (Wildman–Crippen MR) is 79.2 cm³/mol. The smallest absolute Gasteiger partial charge is 0.243 e. The van der Waals surface area contributed by atoms with Crippen molar-refractivity contribution in [1.29, 1.82) is 0 Å². The Morgan fingerprint density at radius 1 is 1.48 bits per heavy atom. The van der Waals surface area contributed by atoms with Gasteiger partial charge in [-0.15, -0.1) is 0 Å². The van der Waals surface area contributed by atoms with E-state index in [-0.39, 0.29) is 17.5 Å². The highest BCUT2D eigenvalue weighted by Crippen LogP contribution is 2.21. The molecule has 0 radical (unpaired) electrons. The summed E-state index contributed by atoms with van der Waals surface area (Å²) in [6.07, 6.45) is 1.09. The van der Waals surface area contributed by atoms with Crippen LogP contribution in [0.15, 0.2) is 29.2 Å². The molecule has 0 saturated carbocycles. The standard InChI is InChI=1S/C15H19NO4S/c1-16(14-8-10-20-12-14)21(18,19)15-7-4-6-13(11-15)5-2-3-9-17/h4,6-7,11,14,17H,3,8-10,12H2,1H3. The van der Waals surface area contributed by atoms with Crippen molar-refractivity contribution in [3.05, 3.63) is 29.8 Å². The molecule has 1 aliphatic heterocycles. The second-order valence-corrected chi connectivity index (χ2v) is 6.84. The van der Waals surface area contributed by atoms with E-state index in [9.17, 15) is 8.42 Å². The Morgan fingerprint density at radius 3 is 2.95 bits per heavy atom. The maximum absolute atomic E-state index is 12.6. The van der Waals surface area contributed by atoms with Gasteiger partial charge in [0.2, 0.25) is 10.0 Å². The van der Waals surface area contributed by atoms with Gasteiger partial charge in [0.1, 0.15) is 0 Å². The summed E-state index contributed by atoms with van der Waals surface area (Å²) < 4.78 is 31.8. The summed E-state index contributed by atoms with van der Waals surface area (Å²) >= 11 is 0. The molecule has 5 nitrogen and oxygen atoms in total. The van der Waals surface area contributed by atoms with Crippen molar-refractivity contribution in [2.24, 2.45) is 0 Å². The van der Waals surface area contributed by atoms with E-state index in [1.807, 2.05) is 0 Å². The maximum Gasteiger partial charge on any atom is 0.243 e. The highest BCUT2D eigenvalue weighted by atomic mass is 32.2. The maximum atomic E-state index is 12.6. The third-order valence-corrected chi connectivity index (χ3v) is 5.31. The fraction of sp³-hybridized carbons (Fsp3) is 0.467. The average Bonchev–Trinajstić information content (AvgIpc) is 3.01. The van der Waals surface area contributed by atoms with Gasteiger partial charge in [-0.2, -0.15) is 4.31 Å². The first-order valence-electron chi connectivity index (χ1n) is 6.81. The highest BCUT2D eigenvalue weighted by molar-refractivity contribution is 7.89. The number of aliphatic hydroxyl groups excluding tert-OH is 1. The third kappa shape index (κ3) is 3.83. The van der Waals surface area contributed by atoms with Gasteiger partial charge in [-0.25, -0.2) is 8.42 Å². The normalized spacial score (nSPS) is 18.5. The van der Waals surface area contributed by atoms with Gasteiger partial charge in [-0.3, -0.25) is 0 Å². The largest absolute Gasteiger partial charge is 0.395 e. The molecule has 1 atom stereocenters. The Morgan fingerprint density at radius 2 is 2.29 bits per heavy atom. The van der Waals surface area contributed by atoms with Crippen LogP contribution < -0.4 is 0 Å². The molecule has 1 N–H and O–H groups in total. The van der Waals surface area contributed by atoms with Crippen LogP contribution in [0, 0.1) is 11.8 Å². The third-order valence-electron chi connectivity index (χ3n) is 3.40. The Bertz CT molecular complexity index is 639. The molecule has 0 spiro atoms. The summed E-state index contributed by atoms with van der Waals surface area (Å²) in [7, 11) is -1.96. The molecule has 1 saturated heterocycles. The fourth-order valence-corrected chi connectivity index (χ4v) is 3.54. The lowest BCUT2D eigenvalue weighted by Crippen LogP contribution is -2.37. The first-order chi connectivity index (χ1) is 10.1. The lowest BCUT2D eigenvalue weighted by Gasteiger charge is -2.22. The molecule has 114 valence electrons. The molecule has 1 aromatic carbocycles. The van der Waals surface area contributed by atoms with Crippen LogP contribution >= 0.6 is 0 Å². The SMILES string of the molecule is CN(C1CCOC1)S(=O)(=O)c1cccc(C#CCCO)c1. The number of likely N-dealkylation sites (N-methyl/N-ethyl adjacent to an activating group) is 1. The molecular weight excluding hydrogens is 290 g/mol. The second-order valence-electron chi connectivity index (χ2n) is 4.84. The Hall–Kier alpha value is -1.39. The van der Waals surface area contributed by atoms with Crippen molar-refractivity contribution >= 4 is 10.0 Å². The molecule has 0 bridgehead atoms. The van der Waals surface area contributed by atoms with E-state index in [2.05, 4.69) is 11.8 Å². The van der Waals surface area contributed by atoms with Crippen molar-refractivity contribution < 1.29 is 18.3 Å². The van der Waals surface area contributed by atoms with E-state index in [1.165, 1.54) is 4.31 Å². The molecule has 0 aromatic heterocycles. The minimum atomic E-state index is -3.54. The number of hydrogen-bond donors (Lipinski definition) is 1. The first-order valence-corrected chi connectivity index (χ1v) is 8.25. The fourth-order valence-electron chi connectivity index (χ4n) is 2.13. The molecule has 0 amide bonds. The van der Waals surface area contributed by atoms with Gasteiger partial charge in [0.25, 0.3) is 0 Å². The summed E-state index contributed by atoms with van der Waals surface area (Å²) in [6, 6.07) is 6.45. The molecule has 2 rings (SSSR count). The summed E-state index contributed by atoms with van der Waals surface area (Å²) in [4.78, 5) is 0.229. The van der Waals surface area contributed by atoms with E-state index < -0.39 is 10.0 Å². The van der Waals surface area contributed by atoms with Crippen molar-refractivity contribution in [3.63, 3.8) is 0 Å². The molecule has 0 aliphatic carbocycles. The van der Waals surface area contributed by atoms with Crippen LogP contribution in [-0.2, 0) is 14.8 Å². The lowest BCUT2D eigenvalue weighted by molar-refractivity contribution is 0.181. The van der Waals surface area contributed by atoms with E-state index >= 15 is 0 Å². The number of ether oxygens (including phenoxy) is 1. The highest BCUT2D eigenvalue weighted by Gasteiger charge is 2.30. The Kier molecular flexibility index (Phi) is 5.37. The van der Waals surface area contributed by atoms with Crippen molar-refractivity contribution in [2.45, 2.75) is 23.8 Å². The van der Waals surface area contributed by atoms with E-state index in [0.717, 1.165) is 0 Å². The molecule has 6 heteroatoms. The number of aliphatic hydroxyl groups is 1. The molecule has 21 heavy (non-hydrogen) atoms. The number of sulfonamides is 1. The van der Waals surface area contributed by atoms with Gasteiger partial charge in [0.05, 0.1) is 24.2 Å². The number of benzene rings is 1. The zero-order valence-corrected chi connectivity index (χ0v) is 12.8. The molecule has 1 fully saturated rings. The number of hydrogen-bond acceptors (Lipinski definition) is 4. The Balaban J connectivity index is 2.24. The van der Waals surface area contributed by atoms with Gasteiger partial charge in [0.15, 0.2) is 0 Å². The second kappa shape index (κ2) is 7.05. The van der Waals surface area contributed by atoms with E-state index in [1.54, 1.807) is 31.3 Å². The molecule has 1 aliphatic rings. The first kappa shape index (κ1) is 16.0. The zero-order valence-electron chi connectivity index (χ0n) is 11.9. The minimum absolute atomic E-state index is 0.00456. The van der Waals surface area contributed by atoms with Crippen molar-refractivity contribution in [2.75, 3.05) is 26.9 Å². The van der Waals surface area contributed by atoms with Crippen LogP contribution in [0.25, 0.3) is 0 Å². The lowest BCUT2D eigenvalue weighted by atomic mass is 10.2. The van der Waals surface area contributed by atoms with Crippen LogP contribution in [0.3, 0.4) is 0 Å². The van der Waals surface area contributed by atoms with Crippen LogP contribution in [0.4, 0.5) is 0 Å². The van der Waals surface area contributed by atoms with E-state index in [4.69, 9.17) is 9.84 Å². The summed E-state index contributed by atoms with van der Waals surface area (Å²) in [5.74, 6) is 5.63. The Labute approximate surface area is 125 Å². The van der Waals surface area contributed by atoms with E-state index in [0.29, 0.717) is 31.6 Å². The van der Waals surface area contributed by atoms with Gasteiger partial charge in [-0.05, 0) is 24.6 Å². The molecule has 1 heterocycles. The quantitative estimate of drug-likeness (QED) is 0.837.